The van der Waals surface area contributed by atoms with E-state index < -0.39 is 0 Å². The van der Waals surface area contributed by atoms with E-state index in [0.717, 1.165) is 5.75 Å². The molecule has 3 aromatic carbocycles. The van der Waals surface area contributed by atoms with Crippen LogP contribution in [0.4, 0.5) is 11.4 Å². The summed E-state index contributed by atoms with van der Waals surface area (Å²) in [6.45, 7) is 2.27. The Morgan fingerprint density at radius 3 is 1.86 bits per heavy atom. The predicted molar refractivity (Wildman–Crippen MR) is 118 cm³/mol. The van der Waals surface area contributed by atoms with Gasteiger partial charge < -0.3 is 9.64 Å². The van der Waals surface area contributed by atoms with Gasteiger partial charge in [-0.1, -0.05) is 73.7 Å². The van der Waals surface area contributed by atoms with Crippen molar-refractivity contribution in [1.29, 1.82) is 0 Å². The van der Waals surface area contributed by atoms with Crippen LogP contribution in [0.2, 0.25) is 0 Å². The van der Waals surface area contributed by atoms with Crippen LogP contribution in [0.3, 0.4) is 0 Å². The van der Waals surface area contributed by atoms with Crippen LogP contribution in [-0.4, -0.2) is 13.2 Å². The second-order valence-electron chi connectivity index (χ2n) is 7.10. The fourth-order valence-corrected chi connectivity index (χ4v) is 3.71. The monoisotopic (exact) mass is 367 g/mol. The van der Waals surface area contributed by atoms with Crippen molar-refractivity contribution in [1.82, 2.24) is 0 Å². The first-order valence-corrected chi connectivity index (χ1v) is 9.70. The maximum Gasteiger partial charge on any atom is 0.118 e. The number of nitrogens with zero attached hydrogens (tertiary/aromatic N) is 1. The predicted octanol–water partition coefficient (Wildman–Crippen LogP) is 6.63. The van der Waals surface area contributed by atoms with Gasteiger partial charge in [-0.05, 0) is 53.4 Å². The van der Waals surface area contributed by atoms with Crippen LogP contribution < -0.4 is 9.64 Å². The zero-order valence-electron chi connectivity index (χ0n) is 16.3. The summed E-state index contributed by atoms with van der Waals surface area (Å²) in [6, 6.07) is 27.9. The van der Waals surface area contributed by atoms with Crippen molar-refractivity contribution in [3.8, 4) is 16.9 Å². The molecule has 0 N–H and O–H groups in total. The number of para-hydroxylation sites is 1. The van der Waals surface area contributed by atoms with Crippen molar-refractivity contribution < 1.29 is 4.74 Å². The van der Waals surface area contributed by atoms with Gasteiger partial charge in [-0.2, -0.15) is 0 Å². The molecule has 2 unspecified atom stereocenters. The van der Waals surface area contributed by atoms with Gasteiger partial charge in [-0.25, -0.2) is 0 Å². The maximum absolute atomic E-state index is 5.26. The van der Waals surface area contributed by atoms with Gasteiger partial charge in [0.15, 0.2) is 0 Å². The smallest absolute Gasteiger partial charge is 0.118 e. The Hall–Kier alpha value is -3.26. The molecule has 0 radical (unpaired) electrons. The van der Waals surface area contributed by atoms with Crippen molar-refractivity contribution in [2.45, 2.75) is 13.0 Å². The summed E-state index contributed by atoms with van der Waals surface area (Å²) < 4.78 is 5.26. The Morgan fingerprint density at radius 1 is 0.679 bits per heavy atom. The highest BCUT2D eigenvalue weighted by molar-refractivity contribution is 5.71. The second-order valence-corrected chi connectivity index (χ2v) is 7.10. The number of anilines is 2. The van der Waals surface area contributed by atoms with E-state index in [4.69, 9.17) is 4.74 Å². The molecule has 2 heteroatoms. The van der Waals surface area contributed by atoms with Gasteiger partial charge in [-0.15, -0.1) is 0 Å². The first-order valence-electron chi connectivity index (χ1n) is 9.70. The van der Waals surface area contributed by atoms with E-state index in [-0.39, 0.29) is 0 Å². The van der Waals surface area contributed by atoms with Crippen LogP contribution in [0.5, 0.6) is 5.75 Å². The molecule has 0 bridgehead atoms. The summed E-state index contributed by atoms with van der Waals surface area (Å²) in [5.74, 6) is 1.31. The molecular formula is C26H25NO. The minimum atomic E-state index is 0.291. The number of hydrogen-bond donors (Lipinski definition) is 0. The standard InChI is InChI=1S/C26H25NO/c1-20-8-6-7-11-26(20)27(23-9-4-3-5-10-23)24-16-12-21(13-17-24)22-14-18-25(28-2)19-15-22/h3-20,26H,1-2H3. The SMILES string of the molecule is COc1ccc(-c2ccc(N(c3ccccc3)C3C=CC=CC3C)cc2)cc1. The number of hydrogen-bond acceptors (Lipinski definition) is 2. The lowest BCUT2D eigenvalue weighted by molar-refractivity contribution is 0.415. The van der Waals surface area contributed by atoms with Crippen LogP contribution in [0, 0.1) is 5.92 Å². The molecule has 0 aromatic heterocycles. The van der Waals surface area contributed by atoms with Crippen molar-refractivity contribution >= 4 is 11.4 Å². The van der Waals surface area contributed by atoms with Crippen LogP contribution in [0.15, 0.2) is 103 Å². The van der Waals surface area contributed by atoms with Gasteiger partial charge in [-0.3, -0.25) is 0 Å². The first-order chi connectivity index (χ1) is 13.8. The molecular weight excluding hydrogens is 342 g/mol. The zero-order valence-corrected chi connectivity index (χ0v) is 16.3. The van der Waals surface area contributed by atoms with E-state index >= 15 is 0 Å². The van der Waals surface area contributed by atoms with E-state index in [1.165, 1.54) is 22.5 Å². The van der Waals surface area contributed by atoms with Gasteiger partial charge in [0.1, 0.15) is 5.75 Å². The van der Waals surface area contributed by atoms with E-state index in [0.29, 0.717) is 12.0 Å². The molecule has 3 aromatic rings. The fourth-order valence-electron chi connectivity index (χ4n) is 3.71. The van der Waals surface area contributed by atoms with Crippen LogP contribution in [0.1, 0.15) is 6.92 Å². The summed E-state index contributed by atoms with van der Waals surface area (Å²) in [7, 11) is 1.69. The minimum absolute atomic E-state index is 0.291. The quantitative estimate of drug-likeness (QED) is 0.502. The lowest BCUT2D eigenvalue weighted by atomic mass is 9.94. The van der Waals surface area contributed by atoms with E-state index in [9.17, 15) is 0 Å². The van der Waals surface area contributed by atoms with Crippen LogP contribution in [0.25, 0.3) is 11.1 Å². The van der Waals surface area contributed by atoms with E-state index in [1.807, 2.05) is 12.1 Å². The Bertz CT molecular complexity index is 956. The van der Waals surface area contributed by atoms with Gasteiger partial charge >= 0.3 is 0 Å². The molecule has 4 rings (SSSR count). The highest BCUT2D eigenvalue weighted by Crippen LogP contribution is 2.34. The first kappa shape index (κ1) is 18.1. The summed E-state index contributed by atoms with van der Waals surface area (Å²) in [5.41, 5.74) is 4.79. The average Bonchev–Trinajstić information content (AvgIpc) is 2.77. The van der Waals surface area contributed by atoms with E-state index in [2.05, 4.69) is 103 Å². The third kappa shape index (κ3) is 3.72. The summed E-state index contributed by atoms with van der Waals surface area (Å²) in [6.07, 6.45) is 8.84. The van der Waals surface area contributed by atoms with Gasteiger partial charge in [0.05, 0.1) is 13.2 Å². The Balaban J connectivity index is 1.68. The van der Waals surface area contributed by atoms with Gasteiger partial charge in [0, 0.05) is 11.4 Å². The normalized spacial score (nSPS) is 18.1. The van der Waals surface area contributed by atoms with Gasteiger partial charge in [0.25, 0.3) is 0 Å². The lowest BCUT2D eigenvalue weighted by Crippen LogP contribution is -2.35. The maximum atomic E-state index is 5.26. The molecule has 0 spiro atoms. The average molecular weight is 367 g/mol. The molecule has 0 amide bonds. The van der Waals surface area contributed by atoms with Crippen LogP contribution >= 0.6 is 0 Å². The molecule has 0 heterocycles. The molecule has 2 nitrogen and oxygen atoms in total. The summed E-state index contributed by atoms with van der Waals surface area (Å²) >= 11 is 0. The van der Waals surface area contributed by atoms with Crippen molar-refractivity contribution in [2.24, 2.45) is 5.92 Å². The highest BCUT2D eigenvalue weighted by Gasteiger charge is 2.23. The third-order valence-electron chi connectivity index (χ3n) is 5.27. The van der Waals surface area contributed by atoms with Crippen molar-refractivity contribution in [3.63, 3.8) is 0 Å². The molecule has 2 atom stereocenters. The lowest BCUT2D eigenvalue weighted by Gasteiger charge is -2.36. The minimum Gasteiger partial charge on any atom is -0.497 e. The number of rotatable bonds is 5. The number of methoxy groups -OCH3 is 1. The largest absolute Gasteiger partial charge is 0.497 e. The topological polar surface area (TPSA) is 12.5 Å². The van der Waals surface area contributed by atoms with Crippen LogP contribution in [-0.2, 0) is 0 Å². The molecule has 0 saturated heterocycles. The number of ether oxygens (including phenoxy) is 1. The highest BCUT2D eigenvalue weighted by atomic mass is 16.5. The second kappa shape index (κ2) is 8.18. The van der Waals surface area contributed by atoms with E-state index in [1.54, 1.807) is 7.11 Å². The fraction of sp³-hybridized carbons (Fsp3) is 0.154. The molecule has 28 heavy (non-hydrogen) atoms. The summed E-state index contributed by atoms with van der Waals surface area (Å²) in [5, 5.41) is 0. The number of allylic oxidation sites excluding steroid dienone is 2. The third-order valence-corrected chi connectivity index (χ3v) is 5.27. The zero-order chi connectivity index (χ0) is 19.3. The molecule has 140 valence electrons. The number of benzene rings is 3. The Labute approximate surface area is 167 Å². The van der Waals surface area contributed by atoms with Gasteiger partial charge in [0.2, 0.25) is 0 Å². The molecule has 1 aliphatic carbocycles. The van der Waals surface area contributed by atoms with Crippen molar-refractivity contribution in [2.75, 3.05) is 12.0 Å². The molecule has 1 aliphatic rings. The summed E-state index contributed by atoms with van der Waals surface area (Å²) in [4.78, 5) is 2.42. The molecule has 0 fully saturated rings. The molecule has 0 saturated carbocycles. The molecule has 0 aliphatic heterocycles. The Morgan fingerprint density at radius 2 is 1.25 bits per heavy atom. The Kier molecular flexibility index (Phi) is 5.29. The van der Waals surface area contributed by atoms with Crippen molar-refractivity contribution in [3.05, 3.63) is 103 Å².